The third-order valence-corrected chi connectivity index (χ3v) is 2.21. The highest BCUT2D eigenvalue weighted by atomic mass is 19.1. The van der Waals surface area contributed by atoms with Gasteiger partial charge in [-0.15, -0.1) is 0 Å². The van der Waals surface area contributed by atoms with E-state index in [0.717, 1.165) is 0 Å². The first-order valence-corrected chi connectivity index (χ1v) is 4.99. The second kappa shape index (κ2) is 5.26. The van der Waals surface area contributed by atoms with Crippen LogP contribution >= 0.6 is 0 Å². The zero-order valence-electron chi connectivity index (χ0n) is 9.25. The summed E-state index contributed by atoms with van der Waals surface area (Å²) in [7, 11) is 0. The molecule has 0 aliphatic rings. The number of nitrogens with zero attached hydrogens (tertiary/aromatic N) is 1. The molecule has 3 nitrogen and oxygen atoms in total. The molecule has 1 aromatic rings. The minimum absolute atomic E-state index is 0.0183. The van der Waals surface area contributed by atoms with Gasteiger partial charge in [0.05, 0.1) is 18.1 Å². The van der Waals surface area contributed by atoms with Gasteiger partial charge < -0.3 is 5.32 Å². The molecule has 1 unspecified atom stereocenters. The van der Waals surface area contributed by atoms with Crippen LogP contribution in [-0.2, 0) is 0 Å². The van der Waals surface area contributed by atoms with E-state index in [-0.39, 0.29) is 18.0 Å². The fourth-order valence-corrected chi connectivity index (χ4v) is 1.31. The van der Waals surface area contributed by atoms with Crippen LogP contribution in [0.25, 0.3) is 0 Å². The van der Waals surface area contributed by atoms with Gasteiger partial charge in [0.15, 0.2) is 0 Å². The average Bonchev–Trinajstić information content (AvgIpc) is 2.22. The minimum atomic E-state index is -0.510. The number of benzene rings is 1. The van der Waals surface area contributed by atoms with Crippen LogP contribution in [0.2, 0.25) is 0 Å². The van der Waals surface area contributed by atoms with Gasteiger partial charge >= 0.3 is 0 Å². The molecular formula is C12H13FN2O. The predicted molar refractivity (Wildman–Crippen MR) is 58.3 cm³/mol. The smallest absolute Gasteiger partial charge is 0.254 e. The van der Waals surface area contributed by atoms with Gasteiger partial charge in [0.25, 0.3) is 5.91 Å². The predicted octanol–water partition coefficient (Wildman–Crippen LogP) is 2.17. The van der Waals surface area contributed by atoms with Gasteiger partial charge in [-0.05, 0) is 25.5 Å². The Labute approximate surface area is 93.9 Å². The maximum atomic E-state index is 13.6. The van der Waals surface area contributed by atoms with Crippen molar-refractivity contribution in [2.75, 3.05) is 0 Å². The molecule has 16 heavy (non-hydrogen) atoms. The molecule has 0 heterocycles. The zero-order valence-corrected chi connectivity index (χ0v) is 9.25. The Balaban J connectivity index is 2.82. The van der Waals surface area contributed by atoms with Gasteiger partial charge in [-0.1, -0.05) is 12.1 Å². The Bertz CT molecular complexity index is 437. The summed E-state index contributed by atoms with van der Waals surface area (Å²) >= 11 is 0. The maximum Gasteiger partial charge on any atom is 0.254 e. The van der Waals surface area contributed by atoms with Crippen LogP contribution < -0.4 is 5.32 Å². The second-order valence-electron chi connectivity index (χ2n) is 3.67. The summed E-state index contributed by atoms with van der Waals surface area (Å²) in [6, 6.07) is 6.32. The maximum absolute atomic E-state index is 13.6. The van der Waals surface area contributed by atoms with E-state index < -0.39 is 11.7 Å². The molecule has 0 aliphatic carbocycles. The van der Waals surface area contributed by atoms with Crippen molar-refractivity contribution in [2.45, 2.75) is 26.3 Å². The third-order valence-electron chi connectivity index (χ3n) is 2.21. The van der Waals surface area contributed by atoms with E-state index in [4.69, 9.17) is 5.26 Å². The highest BCUT2D eigenvalue weighted by molar-refractivity contribution is 5.94. The van der Waals surface area contributed by atoms with Crippen molar-refractivity contribution in [1.29, 1.82) is 5.26 Å². The Morgan fingerprint density at radius 1 is 1.62 bits per heavy atom. The Morgan fingerprint density at radius 3 is 2.94 bits per heavy atom. The fraction of sp³-hybridized carbons (Fsp3) is 0.333. The SMILES string of the molecule is Cc1cccc(C(=O)NC(C)CC#N)c1F. The highest BCUT2D eigenvalue weighted by Gasteiger charge is 2.14. The third kappa shape index (κ3) is 2.80. The van der Waals surface area contributed by atoms with Crippen molar-refractivity contribution in [3.05, 3.63) is 35.1 Å². The molecule has 1 atom stereocenters. The second-order valence-corrected chi connectivity index (χ2v) is 3.67. The first kappa shape index (κ1) is 12.2. The summed E-state index contributed by atoms with van der Waals surface area (Å²) in [5.74, 6) is -0.992. The van der Waals surface area contributed by atoms with Gasteiger partial charge in [-0.2, -0.15) is 5.26 Å². The number of carbonyl (C=O) groups excluding carboxylic acids is 1. The molecule has 0 bridgehead atoms. The molecule has 0 saturated carbocycles. The monoisotopic (exact) mass is 220 g/mol. The fourth-order valence-electron chi connectivity index (χ4n) is 1.31. The zero-order chi connectivity index (χ0) is 12.1. The number of rotatable bonds is 3. The van der Waals surface area contributed by atoms with E-state index in [1.54, 1.807) is 26.0 Å². The average molecular weight is 220 g/mol. The summed E-state index contributed by atoms with van der Waals surface area (Å²) in [6.07, 6.45) is 0.208. The highest BCUT2D eigenvalue weighted by Crippen LogP contribution is 2.11. The Morgan fingerprint density at radius 2 is 2.31 bits per heavy atom. The van der Waals surface area contributed by atoms with Crippen molar-refractivity contribution < 1.29 is 9.18 Å². The lowest BCUT2D eigenvalue weighted by atomic mass is 10.1. The largest absolute Gasteiger partial charge is 0.348 e. The number of nitrogens with one attached hydrogen (secondary N) is 1. The normalized spacial score (nSPS) is 11.6. The lowest BCUT2D eigenvalue weighted by Gasteiger charge is -2.11. The van der Waals surface area contributed by atoms with Crippen LogP contribution in [-0.4, -0.2) is 11.9 Å². The van der Waals surface area contributed by atoms with E-state index >= 15 is 0 Å². The van der Waals surface area contributed by atoms with Gasteiger partial charge in [0, 0.05) is 6.04 Å². The van der Waals surface area contributed by atoms with Crippen LogP contribution in [0.3, 0.4) is 0 Å². The standard InChI is InChI=1S/C12H13FN2O/c1-8-4-3-5-10(11(8)13)12(16)15-9(2)6-7-14/h3-5,9H,6H2,1-2H3,(H,15,16). The van der Waals surface area contributed by atoms with Gasteiger partial charge in [0.1, 0.15) is 5.82 Å². The molecule has 0 aliphatic heterocycles. The molecule has 0 aromatic heterocycles. The van der Waals surface area contributed by atoms with Gasteiger partial charge in [-0.25, -0.2) is 4.39 Å². The number of hydrogen-bond donors (Lipinski definition) is 1. The molecule has 1 rings (SSSR count). The van der Waals surface area contributed by atoms with Crippen LogP contribution in [0, 0.1) is 24.1 Å². The first-order chi connectivity index (χ1) is 7.56. The molecule has 84 valence electrons. The van der Waals surface area contributed by atoms with E-state index in [2.05, 4.69) is 5.32 Å². The number of nitriles is 1. The number of carbonyl (C=O) groups is 1. The molecular weight excluding hydrogens is 207 g/mol. The Hall–Kier alpha value is -1.89. The summed E-state index contributed by atoms with van der Waals surface area (Å²) in [5, 5.41) is 11.0. The summed E-state index contributed by atoms with van der Waals surface area (Å²) in [4.78, 5) is 11.6. The van der Waals surface area contributed by atoms with Crippen molar-refractivity contribution in [2.24, 2.45) is 0 Å². The molecule has 1 amide bonds. The van der Waals surface area contributed by atoms with Crippen molar-refractivity contribution in [1.82, 2.24) is 5.32 Å². The quantitative estimate of drug-likeness (QED) is 0.848. The topological polar surface area (TPSA) is 52.9 Å². The lowest BCUT2D eigenvalue weighted by Crippen LogP contribution is -2.32. The van der Waals surface area contributed by atoms with E-state index in [1.165, 1.54) is 6.07 Å². The van der Waals surface area contributed by atoms with Crippen LogP contribution in [0.15, 0.2) is 18.2 Å². The van der Waals surface area contributed by atoms with Crippen molar-refractivity contribution in [3.63, 3.8) is 0 Å². The summed E-state index contributed by atoms with van der Waals surface area (Å²) < 4.78 is 13.6. The number of amides is 1. The molecule has 0 fully saturated rings. The summed E-state index contributed by atoms with van der Waals surface area (Å²) in [5.41, 5.74) is 0.449. The van der Waals surface area contributed by atoms with Crippen molar-refractivity contribution >= 4 is 5.91 Å². The van der Waals surface area contributed by atoms with Crippen molar-refractivity contribution in [3.8, 4) is 6.07 Å². The van der Waals surface area contributed by atoms with Crippen LogP contribution in [0.4, 0.5) is 4.39 Å². The number of aryl methyl sites for hydroxylation is 1. The van der Waals surface area contributed by atoms with Gasteiger partial charge in [-0.3, -0.25) is 4.79 Å². The van der Waals surface area contributed by atoms with Crippen LogP contribution in [0.1, 0.15) is 29.3 Å². The molecule has 1 aromatic carbocycles. The van der Waals surface area contributed by atoms with Gasteiger partial charge in [0.2, 0.25) is 0 Å². The molecule has 0 radical (unpaired) electrons. The number of halogens is 1. The van der Waals surface area contributed by atoms with E-state index in [0.29, 0.717) is 5.56 Å². The Kier molecular flexibility index (Phi) is 4.01. The van der Waals surface area contributed by atoms with Crippen LogP contribution in [0.5, 0.6) is 0 Å². The molecule has 0 saturated heterocycles. The van der Waals surface area contributed by atoms with E-state index in [9.17, 15) is 9.18 Å². The minimum Gasteiger partial charge on any atom is -0.348 e. The number of hydrogen-bond acceptors (Lipinski definition) is 2. The molecule has 1 N–H and O–H groups in total. The molecule has 0 spiro atoms. The van der Waals surface area contributed by atoms with E-state index in [1.807, 2.05) is 6.07 Å². The molecule has 4 heteroatoms. The summed E-state index contributed by atoms with van der Waals surface area (Å²) in [6.45, 7) is 3.31. The first-order valence-electron chi connectivity index (χ1n) is 4.99. The lowest BCUT2D eigenvalue weighted by molar-refractivity contribution is 0.0936.